The number of phenols is 1. The van der Waals surface area contributed by atoms with Crippen LogP contribution in [0.4, 0.5) is 47.8 Å². The molecule has 37 heavy (non-hydrogen) atoms. The quantitative estimate of drug-likeness (QED) is 0.119. The summed E-state index contributed by atoms with van der Waals surface area (Å²) in [7, 11) is -5.01. The SMILES string of the molecule is O=S(=O)(O)c1cc2ccc(N=C([O-])C(F)(F)C(F)(F)C(F)(F)F)cc2c(O)c1N=Nc1ccccc1.[Na+]. The number of halogens is 7. The second-order valence-electron chi connectivity index (χ2n) is 7.05. The first kappa shape index (κ1) is 30.4. The molecule has 0 spiro atoms. The molecule has 2 N–H and O–H groups in total. The van der Waals surface area contributed by atoms with E-state index in [0.717, 1.165) is 12.1 Å². The van der Waals surface area contributed by atoms with Crippen molar-refractivity contribution in [3.05, 3.63) is 54.6 Å². The molecule has 0 radical (unpaired) electrons. The summed E-state index contributed by atoms with van der Waals surface area (Å²) in [6.07, 6.45) is -6.76. The molecule has 3 aromatic carbocycles. The summed E-state index contributed by atoms with van der Waals surface area (Å²) in [5.41, 5.74) is -1.53. The van der Waals surface area contributed by atoms with Crippen LogP contribution in [-0.2, 0) is 10.1 Å². The minimum atomic E-state index is -6.76. The number of nitrogens with zero attached hydrogens (tertiary/aromatic N) is 3. The number of hydrogen-bond donors (Lipinski definition) is 2. The standard InChI is InChI=1S/C20H12F7N3O5S.Na/c21-18(22,19(23,24)20(25,26)27)17(32)28-12-7-6-10-8-14(36(33,34)35)15(16(31)13(10)9-12)30-29-11-4-2-1-3-5-11;/h1-9,31H,(H,28,32)(H,33,34,35);/q;+1/p-1. The average molecular weight is 561 g/mol. The van der Waals surface area contributed by atoms with E-state index in [1.54, 1.807) is 18.2 Å². The van der Waals surface area contributed by atoms with Gasteiger partial charge in [0.25, 0.3) is 10.1 Å². The molecule has 0 aliphatic heterocycles. The molecule has 3 rings (SSSR count). The fourth-order valence-corrected chi connectivity index (χ4v) is 3.45. The first-order valence-electron chi connectivity index (χ1n) is 9.29. The van der Waals surface area contributed by atoms with E-state index < -0.39 is 61.4 Å². The van der Waals surface area contributed by atoms with Gasteiger partial charge in [-0.3, -0.25) is 9.55 Å². The molecule has 0 amide bonds. The minimum absolute atomic E-state index is 0. The third kappa shape index (κ3) is 6.04. The van der Waals surface area contributed by atoms with Gasteiger partial charge in [-0.15, -0.1) is 5.11 Å². The minimum Gasteiger partial charge on any atom is -0.857 e. The summed E-state index contributed by atoms with van der Waals surface area (Å²) in [5.74, 6) is -17.1. The molecule has 0 atom stereocenters. The Morgan fingerprint density at radius 3 is 2.00 bits per heavy atom. The molecule has 0 saturated carbocycles. The molecular weight excluding hydrogens is 550 g/mol. The molecule has 192 valence electrons. The van der Waals surface area contributed by atoms with E-state index in [4.69, 9.17) is 0 Å². The van der Waals surface area contributed by atoms with Crippen LogP contribution in [0, 0.1) is 0 Å². The van der Waals surface area contributed by atoms with Crippen LogP contribution in [-0.4, -0.2) is 42.0 Å². The molecule has 0 saturated heterocycles. The predicted octanol–water partition coefficient (Wildman–Crippen LogP) is 2.43. The number of alkyl halides is 7. The van der Waals surface area contributed by atoms with Crippen molar-refractivity contribution in [3.8, 4) is 5.75 Å². The van der Waals surface area contributed by atoms with Gasteiger partial charge < -0.3 is 10.2 Å². The first-order valence-corrected chi connectivity index (χ1v) is 10.7. The molecule has 8 nitrogen and oxygen atoms in total. The van der Waals surface area contributed by atoms with Crippen molar-refractivity contribution in [2.24, 2.45) is 15.2 Å². The molecule has 3 aromatic rings. The van der Waals surface area contributed by atoms with E-state index >= 15 is 0 Å². The number of hydrogen-bond acceptors (Lipinski definition) is 7. The fourth-order valence-electron chi connectivity index (χ4n) is 2.79. The van der Waals surface area contributed by atoms with Crippen molar-refractivity contribution in [1.29, 1.82) is 0 Å². The van der Waals surface area contributed by atoms with Crippen molar-refractivity contribution in [1.82, 2.24) is 0 Å². The Morgan fingerprint density at radius 1 is 0.865 bits per heavy atom. The van der Waals surface area contributed by atoms with E-state index in [2.05, 4.69) is 15.2 Å². The Balaban J connectivity index is 0.00000481. The number of aromatic hydroxyl groups is 1. The zero-order valence-corrected chi connectivity index (χ0v) is 21.0. The Morgan fingerprint density at radius 2 is 1.46 bits per heavy atom. The largest absolute Gasteiger partial charge is 1.00 e. The third-order valence-electron chi connectivity index (χ3n) is 4.59. The van der Waals surface area contributed by atoms with Crippen molar-refractivity contribution >= 4 is 43.9 Å². The monoisotopic (exact) mass is 561 g/mol. The van der Waals surface area contributed by atoms with Crippen LogP contribution in [0.15, 0.2) is 74.7 Å². The van der Waals surface area contributed by atoms with Gasteiger partial charge in [-0.2, -0.15) is 44.3 Å². The maximum atomic E-state index is 13.6. The van der Waals surface area contributed by atoms with Gasteiger partial charge in [-0.1, -0.05) is 24.3 Å². The van der Waals surface area contributed by atoms with E-state index in [0.29, 0.717) is 12.1 Å². The summed E-state index contributed by atoms with van der Waals surface area (Å²) in [6.45, 7) is 0. The molecular formula is C20H11F7N3NaO5S. The van der Waals surface area contributed by atoms with Gasteiger partial charge in [0, 0.05) is 11.3 Å². The van der Waals surface area contributed by atoms with Gasteiger partial charge in [-0.05, 0) is 35.7 Å². The Labute approximate surface area is 225 Å². The van der Waals surface area contributed by atoms with E-state index in [9.17, 15) is 53.9 Å². The normalized spacial score (nSPS) is 13.7. The number of aliphatic imine (C=N–C) groups is 1. The number of rotatable bonds is 6. The predicted molar refractivity (Wildman–Crippen MR) is 109 cm³/mol. The molecule has 0 heterocycles. The van der Waals surface area contributed by atoms with Crippen LogP contribution in [0.25, 0.3) is 10.8 Å². The molecule has 0 aromatic heterocycles. The second kappa shape index (κ2) is 10.5. The summed E-state index contributed by atoms with van der Waals surface area (Å²) in [4.78, 5) is 1.67. The zero-order valence-electron chi connectivity index (χ0n) is 18.2. The van der Waals surface area contributed by atoms with E-state index in [-0.39, 0.29) is 40.6 Å². The van der Waals surface area contributed by atoms with Crippen LogP contribution >= 0.6 is 0 Å². The van der Waals surface area contributed by atoms with Crippen molar-refractivity contribution in [2.45, 2.75) is 22.9 Å². The van der Waals surface area contributed by atoms with Crippen molar-refractivity contribution in [3.63, 3.8) is 0 Å². The number of phenolic OH excluding ortho intramolecular Hbond substituents is 1. The van der Waals surface area contributed by atoms with Crippen LogP contribution in [0.3, 0.4) is 0 Å². The zero-order chi connectivity index (χ0) is 27.1. The van der Waals surface area contributed by atoms with E-state index in [1.165, 1.54) is 12.1 Å². The third-order valence-corrected chi connectivity index (χ3v) is 5.45. The molecule has 17 heteroatoms. The maximum Gasteiger partial charge on any atom is 1.00 e. The fraction of sp³-hybridized carbons (Fsp3) is 0.150. The van der Waals surface area contributed by atoms with Gasteiger partial charge in [0.05, 0.1) is 11.4 Å². The van der Waals surface area contributed by atoms with Gasteiger partial charge in [0.1, 0.15) is 10.6 Å². The molecule has 0 bridgehead atoms. The van der Waals surface area contributed by atoms with Gasteiger partial charge in [0.2, 0.25) is 0 Å². The van der Waals surface area contributed by atoms with Crippen molar-refractivity contribution in [2.75, 3.05) is 0 Å². The topological polar surface area (TPSA) is 135 Å². The Hall–Kier alpha value is -2.79. The molecule has 0 aliphatic carbocycles. The van der Waals surface area contributed by atoms with Crippen molar-refractivity contribution < 1.29 is 83.5 Å². The Kier molecular flexibility index (Phi) is 8.66. The molecule has 0 unspecified atom stereocenters. The summed E-state index contributed by atoms with van der Waals surface area (Å²) in [5, 5.41) is 28.7. The van der Waals surface area contributed by atoms with Gasteiger partial charge >= 0.3 is 47.6 Å². The number of azo groups is 1. The van der Waals surface area contributed by atoms with Crippen LogP contribution in [0.1, 0.15) is 0 Å². The number of fused-ring (bicyclic) bond motifs is 1. The van der Waals surface area contributed by atoms with Gasteiger partial charge in [-0.25, -0.2) is 0 Å². The van der Waals surface area contributed by atoms with Crippen LogP contribution in [0.5, 0.6) is 5.75 Å². The molecule has 0 fully saturated rings. The number of benzene rings is 3. The maximum absolute atomic E-state index is 13.6. The Bertz CT molecular complexity index is 1480. The van der Waals surface area contributed by atoms with Crippen LogP contribution in [0.2, 0.25) is 0 Å². The summed E-state index contributed by atoms with van der Waals surface area (Å²) >= 11 is 0. The summed E-state index contributed by atoms with van der Waals surface area (Å²) in [6, 6.07) is 10.6. The summed E-state index contributed by atoms with van der Waals surface area (Å²) < 4.78 is 123. The second-order valence-corrected chi connectivity index (χ2v) is 8.44. The first-order chi connectivity index (χ1) is 16.5. The van der Waals surface area contributed by atoms with Gasteiger partial charge in [0.15, 0.2) is 5.75 Å². The van der Waals surface area contributed by atoms with E-state index in [1.807, 2.05) is 0 Å². The van der Waals surface area contributed by atoms with Crippen LogP contribution < -0.4 is 34.7 Å². The smallest absolute Gasteiger partial charge is 0.857 e. The average Bonchev–Trinajstić information content (AvgIpc) is 2.77. The molecule has 0 aliphatic rings.